The molecule has 0 saturated heterocycles. The van der Waals surface area contributed by atoms with Crippen LogP contribution in [0.4, 0.5) is 9.18 Å². The number of amides is 1. The maximum atomic E-state index is 13.0. The summed E-state index contributed by atoms with van der Waals surface area (Å²) in [6.07, 6.45) is 4.21. The number of carbonyl (C=O) groups is 1. The molecule has 0 atom stereocenters. The molecule has 0 aliphatic rings. The number of halogens is 1. The van der Waals surface area contributed by atoms with Crippen molar-refractivity contribution < 1.29 is 9.18 Å². The Morgan fingerprint density at radius 1 is 1.42 bits per heavy atom. The van der Waals surface area contributed by atoms with E-state index in [1.165, 1.54) is 0 Å². The lowest BCUT2D eigenvalue weighted by Crippen LogP contribution is -2.46. The first-order valence-electron chi connectivity index (χ1n) is 6.05. The molecule has 1 rings (SSSR count). The van der Waals surface area contributed by atoms with Crippen LogP contribution >= 0.6 is 0 Å². The lowest BCUT2D eigenvalue weighted by molar-refractivity contribution is 0.197. The molecule has 0 aliphatic carbocycles. The number of aromatic amines is 1. The summed E-state index contributed by atoms with van der Waals surface area (Å²) in [5, 5.41) is 0.828. The smallest absolute Gasteiger partial charge is 0.271 e. The predicted octanol–water partition coefficient (Wildman–Crippen LogP) is 0.400. The normalized spacial score (nSPS) is 10.5. The number of aromatic nitrogens is 2. The first-order chi connectivity index (χ1) is 8.97. The second-order valence-electron chi connectivity index (χ2n) is 4.14. The van der Waals surface area contributed by atoms with E-state index in [4.69, 9.17) is 5.84 Å². The van der Waals surface area contributed by atoms with Crippen LogP contribution in [0.25, 0.3) is 0 Å². The molecule has 1 amide bonds. The largest absolute Gasteiger partial charge is 0.346 e. The number of nitrogens with one attached hydrogen (secondary N) is 1. The zero-order valence-electron chi connectivity index (χ0n) is 10.7. The highest BCUT2D eigenvalue weighted by Gasteiger charge is 2.15. The van der Waals surface area contributed by atoms with E-state index in [0.29, 0.717) is 17.2 Å². The van der Waals surface area contributed by atoms with Gasteiger partial charge in [0, 0.05) is 6.54 Å². The fourth-order valence-corrected chi connectivity index (χ4v) is 1.53. The summed E-state index contributed by atoms with van der Waals surface area (Å²) in [4.78, 5) is 35.6. The number of unbranched alkanes of at least 4 members (excludes halogenated alkanes) is 3. The SMILES string of the molecule is CCCCCCN(N)C(=O)n1cc(F)c(=O)[nH]c1=O. The summed E-state index contributed by atoms with van der Waals surface area (Å²) in [6, 6.07) is -0.878. The maximum absolute atomic E-state index is 13.0. The molecule has 0 saturated carbocycles. The zero-order valence-corrected chi connectivity index (χ0v) is 10.7. The van der Waals surface area contributed by atoms with E-state index in [0.717, 1.165) is 24.3 Å². The van der Waals surface area contributed by atoms with Gasteiger partial charge in [0.25, 0.3) is 5.56 Å². The lowest BCUT2D eigenvalue weighted by atomic mass is 10.2. The number of carbonyl (C=O) groups excluding carboxylic acids is 1. The summed E-state index contributed by atoms with van der Waals surface area (Å²) in [5.74, 6) is 4.28. The van der Waals surface area contributed by atoms with E-state index in [1.807, 2.05) is 6.92 Å². The molecule has 106 valence electrons. The quantitative estimate of drug-likeness (QED) is 0.350. The Balaban J connectivity index is 2.75. The minimum atomic E-state index is -1.22. The highest BCUT2D eigenvalue weighted by molar-refractivity contribution is 5.75. The molecule has 1 heterocycles. The minimum absolute atomic E-state index is 0.256. The van der Waals surface area contributed by atoms with Crippen LogP contribution in [0.2, 0.25) is 0 Å². The van der Waals surface area contributed by atoms with E-state index in [-0.39, 0.29) is 6.54 Å². The molecule has 0 unspecified atom stereocenters. The molecule has 0 aromatic carbocycles. The van der Waals surface area contributed by atoms with Gasteiger partial charge in [-0.15, -0.1) is 0 Å². The van der Waals surface area contributed by atoms with Crippen LogP contribution in [0, 0.1) is 5.82 Å². The molecule has 0 bridgehead atoms. The lowest BCUT2D eigenvalue weighted by Gasteiger charge is -2.16. The van der Waals surface area contributed by atoms with E-state index < -0.39 is 23.1 Å². The highest BCUT2D eigenvalue weighted by atomic mass is 19.1. The summed E-state index contributed by atoms with van der Waals surface area (Å²) in [5.41, 5.74) is -2.18. The number of hydrogen-bond donors (Lipinski definition) is 2. The molecular weight excluding hydrogens is 255 g/mol. The maximum Gasteiger partial charge on any atom is 0.346 e. The van der Waals surface area contributed by atoms with Crippen molar-refractivity contribution in [2.45, 2.75) is 32.6 Å². The number of hydrogen-bond acceptors (Lipinski definition) is 4. The molecule has 7 nitrogen and oxygen atoms in total. The Labute approximate surface area is 108 Å². The minimum Gasteiger partial charge on any atom is -0.271 e. The van der Waals surface area contributed by atoms with Gasteiger partial charge < -0.3 is 0 Å². The van der Waals surface area contributed by atoms with Crippen molar-refractivity contribution in [1.82, 2.24) is 14.6 Å². The fourth-order valence-electron chi connectivity index (χ4n) is 1.53. The van der Waals surface area contributed by atoms with E-state index >= 15 is 0 Å². The van der Waals surface area contributed by atoms with Crippen molar-refractivity contribution in [2.75, 3.05) is 6.54 Å². The molecule has 0 aliphatic heterocycles. The van der Waals surface area contributed by atoms with Crippen molar-refractivity contribution >= 4 is 6.03 Å². The second-order valence-corrected chi connectivity index (χ2v) is 4.14. The van der Waals surface area contributed by atoms with Gasteiger partial charge >= 0.3 is 11.7 Å². The first kappa shape index (κ1) is 15.1. The summed E-state index contributed by atoms with van der Waals surface area (Å²) < 4.78 is 13.5. The van der Waals surface area contributed by atoms with Crippen LogP contribution in [0.15, 0.2) is 15.8 Å². The van der Waals surface area contributed by atoms with Crippen molar-refractivity contribution in [3.63, 3.8) is 0 Å². The molecule has 1 aromatic heterocycles. The Morgan fingerprint density at radius 2 is 2.11 bits per heavy atom. The molecule has 1 aromatic rings. The topological polar surface area (TPSA) is 101 Å². The molecule has 19 heavy (non-hydrogen) atoms. The third-order valence-electron chi connectivity index (χ3n) is 2.60. The van der Waals surface area contributed by atoms with Crippen molar-refractivity contribution in [3.05, 3.63) is 32.9 Å². The third kappa shape index (κ3) is 4.02. The van der Waals surface area contributed by atoms with Crippen LogP contribution in [0.1, 0.15) is 32.6 Å². The standard InChI is InChI=1S/C11H17FN4O3/c1-2-3-4-5-6-16(13)11(19)15-7-8(12)9(17)14-10(15)18/h7H,2-6,13H2,1H3,(H,14,17,18). The van der Waals surface area contributed by atoms with Gasteiger partial charge in [-0.2, -0.15) is 4.39 Å². The van der Waals surface area contributed by atoms with Crippen LogP contribution in [0.3, 0.4) is 0 Å². The van der Waals surface area contributed by atoms with Gasteiger partial charge in [-0.1, -0.05) is 26.2 Å². The van der Waals surface area contributed by atoms with Crippen molar-refractivity contribution in [3.8, 4) is 0 Å². The molecule has 0 fully saturated rings. The monoisotopic (exact) mass is 272 g/mol. The van der Waals surface area contributed by atoms with Crippen LogP contribution < -0.4 is 17.1 Å². The Hall–Kier alpha value is -1.96. The Kier molecular flexibility index (Phi) is 5.43. The van der Waals surface area contributed by atoms with Gasteiger partial charge in [0.1, 0.15) is 0 Å². The Bertz CT molecular complexity index is 552. The van der Waals surface area contributed by atoms with Crippen LogP contribution in [-0.2, 0) is 0 Å². The Morgan fingerprint density at radius 3 is 2.74 bits per heavy atom. The van der Waals surface area contributed by atoms with E-state index in [9.17, 15) is 18.8 Å². The molecule has 0 radical (unpaired) electrons. The van der Waals surface area contributed by atoms with Crippen molar-refractivity contribution in [1.29, 1.82) is 0 Å². The van der Waals surface area contributed by atoms with Crippen molar-refractivity contribution in [2.24, 2.45) is 5.84 Å². The zero-order chi connectivity index (χ0) is 14.4. The molecule has 3 N–H and O–H groups in total. The van der Waals surface area contributed by atoms with Crippen LogP contribution in [0.5, 0.6) is 0 Å². The highest BCUT2D eigenvalue weighted by Crippen LogP contribution is 2.00. The van der Waals surface area contributed by atoms with Crippen LogP contribution in [-0.4, -0.2) is 27.1 Å². The first-order valence-corrected chi connectivity index (χ1v) is 6.05. The van der Waals surface area contributed by atoms with Gasteiger partial charge in [-0.3, -0.25) is 14.8 Å². The van der Waals surface area contributed by atoms with Gasteiger partial charge in [-0.05, 0) is 6.42 Å². The summed E-state index contributed by atoms with van der Waals surface area (Å²) >= 11 is 0. The molecule has 8 heteroatoms. The number of nitrogens with two attached hydrogens (primary N) is 1. The predicted molar refractivity (Wildman–Crippen MR) is 67.1 cm³/mol. The average Bonchev–Trinajstić information content (AvgIpc) is 2.38. The summed E-state index contributed by atoms with van der Waals surface area (Å²) in [6.45, 7) is 2.31. The van der Waals surface area contributed by atoms with Gasteiger partial charge in [-0.25, -0.2) is 20.0 Å². The second kappa shape index (κ2) is 6.83. The molecular formula is C11H17FN4O3. The van der Waals surface area contributed by atoms with Gasteiger partial charge in [0.15, 0.2) is 0 Å². The number of rotatable bonds is 5. The number of H-pyrrole nitrogens is 1. The van der Waals surface area contributed by atoms with E-state index in [1.54, 1.807) is 4.98 Å². The number of nitrogens with zero attached hydrogens (tertiary/aromatic N) is 2. The molecule has 0 spiro atoms. The van der Waals surface area contributed by atoms with Gasteiger partial charge in [0.05, 0.1) is 6.20 Å². The third-order valence-corrected chi connectivity index (χ3v) is 2.60. The van der Waals surface area contributed by atoms with Gasteiger partial charge in [0.2, 0.25) is 5.82 Å². The summed E-state index contributed by atoms with van der Waals surface area (Å²) in [7, 11) is 0. The average molecular weight is 272 g/mol. The number of hydrazine groups is 1. The van der Waals surface area contributed by atoms with E-state index in [2.05, 4.69) is 0 Å². The fraction of sp³-hybridized carbons (Fsp3) is 0.545.